The van der Waals surface area contributed by atoms with E-state index in [0.717, 1.165) is 15.6 Å². The second-order valence-electron chi connectivity index (χ2n) is 5.24. The Labute approximate surface area is 154 Å². The maximum absolute atomic E-state index is 11.3. The number of nitrogens with zero attached hydrogens (tertiary/aromatic N) is 1. The molecule has 0 aliphatic carbocycles. The second-order valence-corrected chi connectivity index (χ2v) is 6.10. The molecule has 0 heterocycles. The van der Waals surface area contributed by atoms with Crippen molar-refractivity contribution in [3.63, 3.8) is 0 Å². The highest BCUT2D eigenvalue weighted by Crippen LogP contribution is 2.26. The van der Waals surface area contributed by atoms with E-state index in [4.69, 9.17) is 4.74 Å². The van der Waals surface area contributed by atoms with Gasteiger partial charge in [-0.3, -0.25) is 9.59 Å². The van der Waals surface area contributed by atoms with Crippen LogP contribution in [0, 0.1) is 6.92 Å². The summed E-state index contributed by atoms with van der Waals surface area (Å²) in [6.07, 6.45) is 1.44. The Bertz CT molecular complexity index is 789. The minimum atomic E-state index is -0.823. The number of aryl methyl sites for hydroxylation is 1. The number of rotatable bonds is 5. The molecule has 0 aliphatic heterocycles. The van der Waals surface area contributed by atoms with Crippen LogP contribution in [0.4, 0.5) is 0 Å². The lowest BCUT2D eigenvalue weighted by Crippen LogP contribution is -2.35. The molecular formula is C18H18BrN3O3. The number of likely N-dealkylation sites (N-methyl/N-ethyl adjacent to an activating group) is 1. The number of carbonyl (C=O) groups excluding carboxylic acids is 2. The maximum Gasteiger partial charge on any atom is 0.329 e. The van der Waals surface area contributed by atoms with Crippen LogP contribution in [0.1, 0.15) is 16.7 Å². The lowest BCUT2D eigenvalue weighted by molar-refractivity contribution is -0.138. The van der Waals surface area contributed by atoms with Gasteiger partial charge in [0.25, 0.3) is 0 Å². The Balaban J connectivity index is 1.94. The van der Waals surface area contributed by atoms with E-state index in [9.17, 15) is 9.59 Å². The number of ether oxygens (including phenoxy) is 1. The number of hydrogen-bond donors (Lipinski definition) is 2. The summed E-state index contributed by atoms with van der Waals surface area (Å²) in [5.74, 6) is -0.874. The molecule has 0 unspecified atom stereocenters. The monoisotopic (exact) mass is 403 g/mol. The molecule has 0 spiro atoms. The van der Waals surface area contributed by atoms with E-state index in [1.54, 1.807) is 18.2 Å². The first-order valence-electron chi connectivity index (χ1n) is 7.52. The van der Waals surface area contributed by atoms with E-state index in [1.165, 1.54) is 18.8 Å². The average molecular weight is 404 g/mol. The third-order valence-electron chi connectivity index (χ3n) is 3.28. The Kier molecular flexibility index (Phi) is 6.71. The molecule has 2 amide bonds. The van der Waals surface area contributed by atoms with Gasteiger partial charge in [-0.05, 0) is 52.2 Å². The van der Waals surface area contributed by atoms with Crippen LogP contribution in [-0.4, -0.2) is 25.1 Å². The molecule has 7 heteroatoms. The van der Waals surface area contributed by atoms with E-state index >= 15 is 0 Å². The fourth-order valence-electron chi connectivity index (χ4n) is 1.89. The zero-order valence-corrected chi connectivity index (χ0v) is 15.5. The highest BCUT2D eigenvalue weighted by Gasteiger charge is 2.09. The lowest BCUT2D eigenvalue weighted by Gasteiger charge is -2.09. The van der Waals surface area contributed by atoms with Gasteiger partial charge in [-0.25, -0.2) is 5.43 Å². The predicted molar refractivity (Wildman–Crippen MR) is 99.5 cm³/mol. The van der Waals surface area contributed by atoms with Gasteiger partial charge >= 0.3 is 11.8 Å². The minimum absolute atomic E-state index is 0.467. The standard InChI is InChI=1S/C18H18BrN3O3/c1-12-3-5-13(6-4-12)11-25-16-8-7-14(9-15(16)19)10-21-22-18(24)17(23)20-2/h3-10H,11H2,1-2H3,(H,20,23)(H,22,24)/b21-10-. The van der Waals surface area contributed by atoms with Gasteiger partial charge in [-0.1, -0.05) is 29.8 Å². The van der Waals surface area contributed by atoms with Crippen molar-refractivity contribution < 1.29 is 14.3 Å². The van der Waals surface area contributed by atoms with Crippen molar-refractivity contribution in [3.05, 3.63) is 63.6 Å². The van der Waals surface area contributed by atoms with Crippen molar-refractivity contribution in [2.24, 2.45) is 5.10 Å². The van der Waals surface area contributed by atoms with Crippen LogP contribution in [0.2, 0.25) is 0 Å². The highest BCUT2D eigenvalue weighted by molar-refractivity contribution is 9.10. The van der Waals surface area contributed by atoms with E-state index in [-0.39, 0.29) is 0 Å². The first kappa shape index (κ1) is 18.7. The summed E-state index contributed by atoms with van der Waals surface area (Å²) < 4.78 is 6.56. The van der Waals surface area contributed by atoms with Gasteiger partial charge in [0, 0.05) is 7.05 Å². The normalized spacial score (nSPS) is 10.5. The van der Waals surface area contributed by atoms with Crippen molar-refractivity contribution in [3.8, 4) is 5.75 Å². The van der Waals surface area contributed by atoms with Gasteiger partial charge in [0.05, 0.1) is 10.7 Å². The smallest absolute Gasteiger partial charge is 0.329 e. The first-order valence-corrected chi connectivity index (χ1v) is 8.32. The van der Waals surface area contributed by atoms with Gasteiger partial charge in [-0.2, -0.15) is 5.10 Å². The van der Waals surface area contributed by atoms with Gasteiger partial charge in [0.15, 0.2) is 0 Å². The molecule has 6 nitrogen and oxygen atoms in total. The van der Waals surface area contributed by atoms with Crippen molar-refractivity contribution in [2.75, 3.05) is 7.05 Å². The molecule has 2 rings (SSSR count). The molecule has 2 aromatic rings. The van der Waals surface area contributed by atoms with E-state index in [2.05, 4.69) is 31.8 Å². The fourth-order valence-corrected chi connectivity index (χ4v) is 2.40. The molecule has 25 heavy (non-hydrogen) atoms. The van der Waals surface area contributed by atoms with Gasteiger partial charge in [0.1, 0.15) is 12.4 Å². The molecule has 0 radical (unpaired) electrons. The van der Waals surface area contributed by atoms with Crippen LogP contribution in [0.25, 0.3) is 0 Å². The van der Waals surface area contributed by atoms with E-state index < -0.39 is 11.8 Å². The number of benzene rings is 2. The minimum Gasteiger partial charge on any atom is -0.488 e. The summed E-state index contributed by atoms with van der Waals surface area (Å²) in [4.78, 5) is 22.3. The number of nitrogens with one attached hydrogen (secondary N) is 2. The largest absolute Gasteiger partial charge is 0.488 e. The highest BCUT2D eigenvalue weighted by atomic mass is 79.9. The number of carbonyl (C=O) groups is 2. The molecule has 2 N–H and O–H groups in total. The van der Waals surface area contributed by atoms with Crippen LogP contribution >= 0.6 is 15.9 Å². The lowest BCUT2D eigenvalue weighted by atomic mass is 10.2. The Morgan fingerprint density at radius 3 is 2.52 bits per heavy atom. The second kappa shape index (κ2) is 8.98. The summed E-state index contributed by atoms with van der Waals surface area (Å²) >= 11 is 3.45. The van der Waals surface area contributed by atoms with Crippen molar-refractivity contribution in [1.29, 1.82) is 0 Å². The predicted octanol–water partition coefficient (Wildman–Crippen LogP) is 2.53. The van der Waals surface area contributed by atoms with E-state index in [1.807, 2.05) is 31.2 Å². The molecule has 0 saturated heterocycles. The number of hydrogen-bond acceptors (Lipinski definition) is 4. The Hall–Kier alpha value is -2.67. The van der Waals surface area contributed by atoms with Crippen molar-refractivity contribution >= 4 is 34.0 Å². The third-order valence-corrected chi connectivity index (χ3v) is 3.90. The van der Waals surface area contributed by atoms with Crippen LogP contribution in [0.15, 0.2) is 52.0 Å². The molecule has 0 atom stereocenters. The molecule has 0 aromatic heterocycles. The quantitative estimate of drug-likeness (QED) is 0.457. The number of amides is 2. The topological polar surface area (TPSA) is 79.8 Å². The zero-order valence-electron chi connectivity index (χ0n) is 13.9. The van der Waals surface area contributed by atoms with Crippen LogP contribution < -0.4 is 15.5 Å². The summed E-state index contributed by atoms with van der Waals surface area (Å²) in [5.41, 5.74) is 5.17. The molecule has 2 aromatic carbocycles. The van der Waals surface area contributed by atoms with Gasteiger partial charge in [-0.15, -0.1) is 0 Å². The zero-order chi connectivity index (χ0) is 18.2. The van der Waals surface area contributed by atoms with Crippen LogP contribution in [0.3, 0.4) is 0 Å². The summed E-state index contributed by atoms with van der Waals surface area (Å²) in [7, 11) is 1.37. The molecule has 0 bridgehead atoms. The van der Waals surface area contributed by atoms with E-state index in [0.29, 0.717) is 12.4 Å². The first-order chi connectivity index (χ1) is 12.0. The summed E-state index contributed by atoms with van der Waals surface area (Å²) in [5, 5.41) is 5.95. The average Bonchev–Trinajstić information content (AvgIpc) is 2.61. The summed E-state index contributed by atoms with van der Waals surface area (Å²) in [6, 6.07) is 13.5. The molecule has 130 valence electrons. The van der Waals surface area contributed by atoms with Gasteiger partial charge < -0.3 is 10.1 Å². The Morgan fingerprint density at radius 1 is 1.16 bits per heavy atom. The van der Waals surface area contributed by atoms with Crippen LogP contribution in [0.5, 0.6) is 5.75 Å². The number of hydrazone groups is 1. The Morgan fingerprint density at radius 2 is 1.88 bits per heavy atom. The van der Waals surface area contributed by atoms with Crippen molar-refractivity contribution in [2.45, 2.75) is 13.5 Å². The third kappa shape index (κ3) is 5.72. The van der Waals surface area contributed by atoms with Crippen molar-refractivity contribution in [1.82, 2.24) is 10.7 Å². The molecule has 0 saturated carbocycles. The summed E-state index contributed by atoms with van der Waals surface area (Å²) in [6.45, 7) is 2.51. The SMILES string of the molecule is CNC(=O)C(=O)N/N=C\c1ccc(OCc2ccc(C)cc2)c(Br)c1. The van der Waals surface area contributed by atoms with Crippen LogP contribution in [-0.2, 0) is 16.2 Å². The fraction of sp³-hybridized carbons (Fsp3) is 0.167. The molecular weight excluding hydrogens is 386 g/mol. The molecule has 0 fully saturated rings. The van der Waals surface area contributed by atoms with Gasteiger partial charge in [0.2, 0.25) is 0 Å². The maximum atomic E-state index is 11.3. The number of halogens is 1. The molecule has 0 aliphatic rings.